The third-order valence-corrected chi connectivity index (χ3v) is 3.36. The molecular formula is C15H19BrClNO2. The smallest absolute Gasteiger partial charge is 0.293 e. The molecule has 0 spiro atoms. The van der Waals surface area contributed by atoms with Crippen molar-refractivity contribution in [1.82, 2.24) is 4.98 Å². The number of rotatable bonds is 3. The van der Waals surface area contributed by atoms with E-state index in [0.717, 1.165) is 27.7 Å². The molecule has 1 aromatic carbocycles. The van der Waals surface area contributed by atoms with Gasteiger partial charge in [-0.25, -0.2) is 0 Å². The van der Waals surface area contributed by atoms with Crippen LogP contribution < -0.4 is 0 Å². The number of carbonyl (C=O) groups is 1. The first-order valence-corrected chi connectivity index (χ1v) is 7.81. The molecule has 1 N–H and O–H groups in total. The maximum Gasteiger partial charge on any atom is 0.293 e. The van der Waals surface area contributed by atoms with E-state index in [-0.39, 0.29) is 5.60 Å². The van der Waals surface area contributed by atoms with Crippen LogP contribution in [-0.2, 0) is 16.0 Å². The number of H-pyrrole nitrogens is 1. The van der Waals surface area contributed by atoms with Gasteiger partial charge in [0.1, 0.15) is 5.60 Å². The molecule has 0 fully saturated rings. The monoisotopic (exact) mass is 359 g/mol. The first-order valence-electron chi connectivity index (χ1n) is 6.31. The fourth-order valence-electron chi connectivity index (χ4n) is 1.58. The highest BCUT2D eigenvalue weighted by molar-refractivity contribution is 9.09. The number of aromatic nitrogens is 1. The zero-order valence-electron chi connectivity index (χ0n) is 11.9. The molecular weight excluding hydrogens is 342 g/mol. The van der Waals surface area contributed by atoms with Crippen molar-refractivity contribution in [1.29, 1.82) is 0 Å². The summed E-state index contributed by atoms with van der Waals surface area (Å²) < 4.78 is 4.55. The van der Waals surface area contributed by atoms with Crippen molar-refractivity contribution in [3.63, 3.8) is 0 Å². The van der Waals surface area contributed by atoms with Crippen LogP contribution in [0.1, 0.15) is 26.3 Å². The summed E-state index contributed by atoms with van der Waals surface area (Å²) in [6.07, 6.45) is 2.88. The Morgan fingerprint density at radius 3 is 2.55 bits per heavy atom. The van der Waals surface area contributed by atoms with Crippen LogP contribution in [0.3, 0.4) is 0 Å². The molecule has 3 nitrogen and oxygen atoms in total. The summed E-state index contributed by atoms with van der Waals surface area (Å²) in [4.78, 5) is 12.7. The Bertz CT molecular complexity index is 560. The van der Waals surface area contributed by atoms with Crippen LogP contribution in [0.4, 0.5) is 0 Å². The molecule has 0 bridgehead atoms. The molecule has 0 amide bonds. The SMILES string of the molecule is CC(C)(C)OC=O.Clc1c(CCBr)ccc2[nH]ccc12. The fraction of sp³-hybridized carbons (Fsp3) is 0.400. The second-order valence-electron chi connectivity index (χ2n) is 5.24. The van der Waals surface area contributed by atoms with Crippen molar-refractivity contribution in [2.45, 2.75) is 32.8 Å². The third-order valence-electron chi connectivity index (χ3n) is 2.51. The number of carbonyl (C=O) groups excluding carboxylic acids is 1. The Hall–Kier alpha value is -1.00. The molecule has 1 aromatic heterocycles. The normalized spacial score (nSPS) is 10.8. The Balaban J connectivity index is 0.000000246. The van der Waals surface area contributed by atoms with E-state index in [1.54, 1.807) is 0 Å². The van der Waals surface area contributed by atoms with Gasteiger partial charge in [0.2, 0.25) is 0 Å². The van der Waals surface area contributed by atoms with Crippen LogP contribution in [0, 0.1) is 0 Å². The summed E-state index contributed by atoms with van der Waals surface area (Å²) in [6, 6.07) is 6.15. The standard InChI is InChI=1S/C10H9BrClN.C5H10O2/c11-5-3-7-1-2-9-8(10(7)12)4-6-13-9;1-5(2,3)7-4-6/h1-2,4,6,13H,3,5H2;4H,1-3H3. The summed E-state index contributed by atoms with van der Waals surface area (Å²) >= 11 is 9.63. The Labute approximate surface area is 132 Å². The average molecular weight is 361 g/mol. The van der Waals surface area contributed by atoms with Crippen LogP contribution >= 0.6 is 27.5 Å². The molecule has 0 atom stereocenters. The van der Waals surface area contributed by atoms with Gasteiger partial charge in [-0.05, 0) is 44.9 Å². The van der Waals surface area contributed by atoms with E-state index in [4.69, 9.17) is 11.6 Å². The van der Waals surface area contributed by atoms with E-state index in [1.165, 1.54) is 5.56 Å². The van der Waals surface area contributed by atoms with Crippen molar-refractivity contribution in [2.75, 3.05) is 5.33 Å². The van der Waals surface area contributed by atoms with Crippen molar-refractivity contribution in [2.24, 2.45) is 0 Å². The van der Waals surface area contributed by atoms with Gasteiger partial charge >= 0.3 is 0 Å². The molecule has 20 heavy (non-hydrogen) atoms. The third kappa shape index (κ3) is 5.17. The molecule has 0 radical (unpaired) electrons. The summed E-state index contributed by atoms with van der Waals surface area (Å²) in [5, 5.41) is 2.93. The highest BCUT2D eigenvalue weighted by Crippen LogP contribution is 2.27. The summed E-state index contributed by atoms with van der Waals surface area (Å²) in [6.45, 7) is 5.92. The maximum atomic E-state index is 9.60. The quantitative estimate of drug-likeness (QED) is 0.636. The number of hydrogen-bond donors (Lipinski definition) is 1. The lowest BCUT2D eigenvalue weighted by molar-refractivity contribution is -0.138. The lowest BCUT2D eigenvalue weighted by Crippen LogP contribution is -2.17. The van der Waals surface area contributed by atoms with Crippen molar-refractivity contribution in [3.8, 4) is 0 Å². The predicted octanol–water partition coefficient (Wildman–Crippen LogP) is 4.72. The summed E-state index contributed by atoms with van der Waals surface area (Å²) in [5.41, 5.74) is 1.98. The highest BCUT2D eigenvalue weighted by atomic mass is 79.9. The minimum absolute atomic E-state index is 0.318. The second-order valence-corrected chi connectivity index (χ2v) is 6.41. The van der Waals surface area contributed by atoms with Gasteiger partial charge in [-0.3, -0.25) is 4.79 Å². The maximum absolute atomic E-state index is 9.60. The predicted molar refractivity (Wildman–Crippen MR) is 87.7 cm³/mol. The van der Waals surface area contributed by atoms with Crippen molar-refractivity contribution >= 4 is 44.9 Å². The zero-order valence-corrected chi connectivity index (χ0v) is 14.2. The number of aryl methyl sites for hydroxylation is 1. The van der Waals surface area contributed by atoms with Gasteiger partial charge in [-0.1, -0.05) is 33.6 Å². The molecule has 0 aliphatic heterocycles. The van der Waals surface area contributed by atoms with Crippen LogP contribution in [0.25, 0.3) is 10.9 Å². The number of halogens is 2. The molecule has 0 saturated carbocycles. The molecule has 2 aromatic rings. The van der Waals surface area contributed by atoms with E-state index in [2.05, 4.69) is 37.8 Å². The summed E-state index contributed by atoms with van der Waals surface area (Å²) in [7, 11) is 0. The Morgan fingerprint density at radius 2 is 2.05 bits per heavy atom. The lowest BCUT2D eigenvalue weighted by atomic mass is 10.1. The number of ether oxygens (including phenoxy) is 1. The first-order chi connectivity index (χ1) is 9.39. The number of fused-ring (bicyclic) bond motifs is 1. The molecule has 1 heterocycles. The zero-order chi connectivity index (χ0) is 15.2. The number of hydrogen-bond acceptors (Lipinski definition) is 2. The topological polar surface area (TPSA) is 42.1 Å². The van der Waals surface area contributed by atoms with Crippen molar-refractivity contribution in [3.05, 3.63) is 35.0 Å². The lowest BCUT2D eigenvalue weighted by Gasteiger charge is -2.14. The minimum atomic E-state index is -0.318. The molecule has 0 aliphatic rings. The van der Waals surface area contributed by atoms with E-state index >= 15 is 0 Å². The molecule has 0 unspecified atom stereocenters. The number of nitrogens with one attached hydrogen (secondary N) is 1. The van der Waals surface area contributed by atoms with E-state index < -0.39 is 0 Å². The van der Waals surface area contributed by atoms with Gasteiger partial charge in [0.15, 0.2) is 0 Å². The van der Waals surface area contributed by atoms with Gasteiger partial charge in [-0.2, -0.15) is 0 Å². The van der Waals surface area contributed by atoms with Crippen LogP contribution in [0.2, 0.25) is 5.02 Å². The highest BCUT2D eigenvalue weighted by Gasteiger charge is 2.07. The fourth-order valence-corrected chi connectivity index (χ4v) is 2.33. The largest absolute Gasteiger partial charge is 0.462 e. The Kier molecular flexibility index (Phi) is 6.56. The minimum Gasteiger partial charge on any atom is -0.462 e. The molecule has 5 heteroatoms. The van der Waals surface area contributed by atoms with E-state index in [9.17, 15) is 4.79 Å². The number of aromatic amines is 1. The van der Waals surface area contributed by atoms with E-state index in [1.807, 2.05) is 33.0 Å². The van der Waals surface area contributed by atoms with Gasteiger partial charge in [0, 0.05) is 22.4 Å². The Morgan fingerprint density at radius 1 is 1.35 bits per heavy atom. The van der Waals surface area contributed by atoms with Gasteiger partial charge in [-0.15, -0.1) is 0 Å². The second kappa shape index (κ2) is 7.70. The van der Waals surface area contributed by atoms with Crippen LogP contribution in [0.15, 0.2) is 24.4 Å². The van der Waals surface area contributed by atoms with Crippen LogP contribution in [0.5, 0.6) is 0 Å². The summed E-state index contributed by atoms with van der Waals surface area (Å²) in [5.74, 6) is 0. The van der Waals surface area contributed by atoms with Crippen molar-refractivity contribution < 1.29 is 9.53 Å². The molecule has 0 aliphatic carbocycles. The van der Waals surface area contributed by atoms with Gasteiger partial charge < -0.3 is 9.72 Å². The van der Waals surface area contributed by atoms with Gasteiger partial charge in [0.05, 0.1) is 5.02 Å². The number of benzene rings is 1. The first kappa shape index (κ1) is 17.1. The van der Waals surface area contributed by atoms with E-state index in [0.29, 0.717) is 6.47 Å². The van der Waals surface area contributed by atoms with Crippen LogP contribution in [-0.4, -0.2) is 22.4 Å². The number of alkyl halides is 1. The average Bonchev–Trinajstić information content (AvgIpc) is 2.81. The van der Waals surface area contributed by atoms with Gasteiger partial charge in [0.25, 0.3) is 6.47 Å². The molecule has 2 rings (SSSR count). The molecule has 0 saturated heterocycles. The molecule has 110 valence electrons.